The first-order chi connectivity index (χ1) is 11.9. The zero-order valence-corrected chi connectivity index (χ0v) is 15.6. The number of benzene rings is 1. The van der Waals surface area contributed by atoms with Crippen LogP contribution in [0.2, 0.25) is 0 Å². The lowest BCUT2D eigenvalue weighted by Crippen LogP contribution is -2.39. The molecule has 2 heterocycles. The van der Waals surface area contributed by atoms with Crippen LogP contribution < -0.4 is 5.32 Å². The van der Waals surface area contributed by atoms with E-state index in [1.165, 1.54) is 23.1 Å². The van der Waals surface area contributed by atoms with Gasteiger partial charge in [-0.1, -0.05) is 24.6 Å². The van der Waals surface area contributed by atoms with Crippen LogP contribution in [0.1, 0.15) is 46.8 Å². The Hall–Kier alpha value is -2.36. The molecule has 1 N–H and O–H groups in total. The van der Waals surface area contributed by atoms with Crippen LogP contribution in [0.4, 0.5) is 11.4 Å². The first-order valence-corrected chi connectivity index (χ1v) is 9.03. The minimum absolute atomic E-state index is 0.0834. The van der Waals surface area contributed by atoms with E-state index in [1.54, 1.807) is 12.4 Å². The number of nitrogens with zero attached hydrogens (tertiary/aromatic N) is 2. The summed E-state index contributed by atoms with van der Waals surface area (Å²) >= 11 is 0. The molecule has 0 aliphatic carbocycles. The Kier molecular flexibility index (Phi) is 5.07. The highest BCUT2D eigenvalue weighted by atomic mass is 16.2. The van der Waals surface area contributed by atoms with E-state index in [2.05, 4.69) is 50.1 Å². The summed E-state index contributed by atoms with van der Waals surface area (Å²) in [7, 11) is 0. The van der Waals surface area contributed by atoms with E-state index >= 15 is 0 Å². The van der Waals surface area contributed by atoms with Gasteiger partial charge in [-0.2, -0.15) is 0 Å². The number of carbonyl (C=O) groups is 1. The van der Waals surface area contributed by atoms with Crippen molar-refractivity contribution in [2.45, 2.75) is 40.5 Å². The fourth-order valence-electron chi connectivity index (χ4n) is 3.70. The van der Waals surface area contributed by atoms with E-state index in [0.717, 1.165) is 30.9 Å². The number of pyridine rings is 1. The van der Waals surface area contributed by atoms with Gasteiger partial charge in [-0.05, 0) is 56.7 Å². The van der Waals surface area contributed by atoms with Crippen LogP contribution in [0.25, 0.3) is 0 Å². The van der Waals surface area contributed by atoms with Gasteiger partial charge in [0.2, 0.25) is 0 Å². The van der Waals surface area contributed by atoms with E-state index in [0.29, 0.717) is 11.5 Å². The predicted octanol–water partition coefficient (Wildman–Crippen LogP) is 4.62. The van der Waals surface area contributed by atoms with Crippen molar-refractivity contribution in [3.63, 3.8) is 0 Å². The number of aromatic nitrogens is 1. The molecule has 1 fully saturated rings. The molecule has 132 valence electrons. The number of hydrogen-bond acceptors (Lipinski definition) is 3. The number of anilines is 2. The molecule has 0 bridgehead atoms. The van der Waals surface area contributed by atoms with Gasteiger partial charge >= 0.3 is 0 Å². The van der Waals surface area contributed by atoms with Crippen LogP contribution in [0.3, 0.4) is 0 Å². The van der Waals surface area contributed by atoms with Crippen LogP contribution in [-0.2, 0) is 0 Å². The van der Waals surface area contributed by atoms with Crippen LogP contribution in [0.5, 0.6) is 0 Å². The molecule has 4 nitrogen and oxygen atoms in total. The van der Waals surface area contributed by atoms with Crippen molar-refractivity contribution in [3.8, 4) is 0 Å². The predicted molar refractivity (Wildman–Crippen MR) is 102 cm³/mol. The Morgan fingerprint density at radius 3 is 2.56 bits per heavy atom. The van der Waals surface area contributed by atoms with Gasteiger partial charge in [0.05, 0.1) is 17.4 Å². The second-order valence-corrected chi connectivity index (χ2v) is 7.36. The first kappa shape index (κ1) is 17.5. The van der Waals surface area contributed by atoms with Crippen LogP contribution >= 0.6 is 0 Å². The minimum Gasteiger partial charge on any atom is -0.354 e. The molecule has 0 saturated carbocycles. The maximum Gasteiger partial charge on any atom is 0.255 e. The lowest BCUT2D eigenvalue weighted by molar-refractivity contribution is 0.0682. The maximum atomic E-state index is 12.8. The van der Waals surface area contributed by atoms with Gasteiger partial charge in [-0.25, -0.2) is 0 Å². The molecule has 1 amide bonds. The largest absolute Gasteiger partial charge is 0.354 e. The van der Waals surface area contributed by atoms with E-state index in [9.17, 15) is 4.79 Å². The van der Waals surface area contributed by atoms with Gasteiger partial charge in [-0.3, -0.25) is 9.78 Å². The molecular formula is C21H27N3O. The maximum absolute atomic E-state index is 12.8. The fraction of sp³-hybridized carbons (Fsp3) is 0.429. The van der Waals surface area contributed by atoms with Crippen molar-refractivity contribution in [3.05, 3.63) is 52.8 Å². The Morgan fingerprint density at radius 1 is 1.16 bits per heavy atom. The normalized spacial score (nSPS) is 17.4. The smallest absolute Gasteiger partial charge is 0.255 e. The van der Waals surface area contributed by atoms with Crippen LogP contribution in [0.15, 0.2) is 30.6 Å². The van der Waals surface area contributed by atoms with Crippen molar-refractivity contribution in [1.82, 2.24) is 9.88 Å². The van der Waals surface area contributed by atoms with Crippen molar-refractivity contribution < 1.29 is 4.79 Å². The SMILES string of the molecule is Cc1cc(C)c(Nc2cncc(C(=O)N3CCCC(C)C3)c2)c(C)c1. The third kappa shape index (κ3) is 4.01. The molecule has 1 aliphatic rings. The average molecular weight is 337 g/mol. The number of rotatable bonds is 3. The molecular weight excluding hydrogens is 310 g/mol. The minimum atomic E-state index is 0.0834. The van der Waals surface area contributed by atoms with Gasteiger partial charge in [0.25, 0.3) is 5.91 Å². The summed E-state index contributed by atoms with van der Waals surface area (Å²) in [6, 6.07) is 6.23. The molecule has 4 heteroatoms. The number of piperidine rings is 1. The molecule has 0 radical (unpaired) electrons. The Morgan fingerprint density at radius 2 is 1.88 bits per heavy atom. The number of nitrogens with one attached hydrogen (secondary N) is 1. The van der Waals surface area contributed by atoms with Gasteiger partial charge < -0.3 is 10.2 Å². The quantitative estimate of drug-likeness (QED) is 0.888. The van der Waals surface area contributed by atoms with Crippen LogP contribution in [-0.4, -0.2) is 28.9 Å². The summed E-state index contributed by atoms with van der Waals surface area (Å²) in [5.74, 6) is 0.657. The van der Waals surface area contributed by atoms with Crippen molar-refractivity contribution in [2.75, 3.05) is 18.4 Å². The summed E-state index contributed by atoms with van der Waals surface area (Å²) in [5, 5.41) is 3.44. The summed E-state index contributed by atoms with van der Waals surface area (Å²) in [5.41, 5.74) is 6.23. The number of aryl methyl sites for hydroxylation is 3. The molecule has 1 aromatic carbocycles. The molecule has 1 saturated heterocycles. The lowest BCUT2D eigenvalue weighted by Gasteiger charge is -2.31. The van der Waals surface area contributed by atoms with Gasteiger partial charge in [0.1, 0.15) is 0 Å². The Bertz CT molecular complexity index is 761. The second kappa shape index (κ2) is 7.26. The molecule has 1 unspecified atom stereocenters. The van der Waals surface area contributed by atoms with Gasteiger partial charge in [-0.15, -0.1) is 0 Å². The number of likely N-dealkylation sites (tertiary alicyclic amines) is 1. The van der Waals surface area contributed by atoms with Crippen molar-refractivity contribution >= 4 is 17.3 Å². The average Bonchev–Trinajstić information content (AvgIpc) is 2.57. The van der Waals surface area contributed by atoms with E-state index < -0.39 is 0 Å². The van der Waals surface area contributed by atoms with Gasteiger partial charge in [0.15, 0.2) is 0 Å². The summed E-state index contributed by atoms with van der Waals surface area (Å²) in [4.78, 5) is 19.0. The Labute approximate surface area is 150 Å². The highest BCUT2D eigenvalue weighted by Gasteiger charge is 2.22. The zero-order valence-electron chi connectivity index (χ0n) is 15.6. The standard InChI is InChI=1S/C21H27N3O/c1-14-6-5-7-24(13-14)21(25)18-10-19(12-22-11-18)23-20-16(3)8-15(2)9-17(20)4/h8-12,14,23H,5-7,13H2,1-4H3. The monoisotopic (exact) mass is 337 g/mol. The number of carbonyl (C=O) groups excluding carboxylic acids is 1. The second-order valence-electron chi connectivity index (χ2n) is 7.36. The molecule has 0 spiro atoms. The molecule has 2 aromatic rings. The third-order valence-electron chi connectivity index (χ3n) is 4.88. The van der Waals surface area contributed by atoms with Gasteiger partial charge in [0, 0.05) is 25.0 Å². The topological polar surface area (TPSA) is 45.2 Å². The highest BCUT2D eigenvalue weighted by Crippen LogP contribution is 2.26. The Balaban J connectivity index is 1.81. The molecule has 3 rings (SSSR count). The van der Waals surface area contributed by atoms with Crippen molar-refractivity contribution in [1.29, 1.82) is 0 Å². The fourth-order valence-corrected chi connectivity index (χ4v) is 3.70. The third-order valence-corrected chi connectivity index (χ3v) is 4.88. The van der Waals surface area contributed by atoms with Crippen LogP contribution in [0, 0.1) is 26.7 Å². The molecule has 25 heavy (non-hydrogen) atoms. The lowest BCUT2D eigenvalue weighted by atomic mass is 9.99. The first-order valence-electron chi connectivity index (χ1n) is 9.03. The number of hydrogen-bond donors (Lipinski definition) is 1. The summed E-state index contributed by atoms with van der Waals surface area (Å²) in [6.45, 7) is 10.2. The summed E-state index contributed by atoms with van der Waals surface area (Å²) in [6.07, 6.45) is 5.73. The summed E-state index contributed by atoms with van der Waals surface area (Å²) < 4.78 is 0. The number of amides is 1. The molecule has 1 aliphatic heterocycles. The zero-order chi connectivity index (χ0) is 18.0. The highest BCUT2D eigenvalue weighted by molar-refractivity contribution is 5.95. The van der Waals surface area contributed by atoms with Crippen molar-refractivity contribution in [2.24, 2.45) is 5.92 Å². The van der Waals surface area contributed by atoms with E-state index in [-0.39, 0.29) is 5.91 Å². The van der Waals surface area contributed by atoms with E-state index in [4.69, 9.17) is 0 Å². The molecule has 1 atom stereocenters. The molecule has 1 aromatic heterocycles. The van der Waals surface area contributed by atoms with E-state index in [1.807, 2.05) is 11.0 Å².